The van der Waals surface area contributed by atoms with Crippen LogP contribution < -0.4 is 4.90 Å². The molecule has 0 spiro atoms. The topological polar surface area (TPSA) is 101 Å². The van der Waals surface area contributed by atoms with E-state index in [1.165, 1.54) is 43.5 Å². The van der Waals surface area contributed by atoms with Crippen molar-refractivity contribution in [3.63, 3.8) is 0 Å². The highest BCUT2D eigenvalue weighted by Gasteiger charge is 2.47. The van der Waals surface area contributed by atoms with Gasteiger partial charge in [0.05, 0.1) is 29.7 Å². The van der Waals surface area contributed by atoms with E-state index in [0.29, 0.717) is 10.0 Å². The van der Waals surface area contributed by atoms with Crippen LogP contribution in [0.15, 0.2) is 88.2 Å². The second kappa shape index (κ2) is 10.1. The quantitative estimate of drug-likeness (QED) is 0.324. The van der Waals surface area contributed by atoms with Crippen molar-refractivity contribution in [1.82, 2.24) is 4.31 Å². The molecule has 0 aromatic heterocycles. The Kier molecular flexibility index (Phi) is 7.15. The lowest BCUT2D eigenvalue weighted by Crippen LogP contribution is -2.45. The summed E-state index contributed by atoms with van der Waals surface area (Å²) < 4.78 is 33.8. The number of methoxy groups -OCH3 is 1. The molecule has 4 rings (SSSR count). The third kappa shape index (κ3) is 5.04. The predicted octanol–water partition coefficient (Wildman–Crippen LogP) is 3.76. The number of ether oxygens (including phenoxy) is 1. The fraction of sp³-hybridized carbons (Fsp3) is 0.160. The van der Waals surface area contributed by atoms with Crippen LogP contribution in [0.5, 0.6) is 0 Å². The van der Waals surface area contributed by atoms with Crippen molar-refractivity contribution >= 4 is 49.4 Å². The first-order chi connectivity index (χ1) is 16.7. The maximum atomic E-state index is 13.7. The Morgan fingerprint density at radius 3 is 2.23 bits per heavy atom. The minimum absolute atomic E-state index is 0.0118. The lowest BCUT2D eigenvalue weighted by atomic mass is 10.2. The summed E-state index contributed by atoms with van der Waals surface area (Å²) in [6.45, 7) is -0.0853. The Morgan fingerprint density at radius 1 is 1.00 bits per heavy atom. The van der Waals surface area contributed by atoms with Crippen LogP contribution in [0.25, 0.3) is 0 Å². The molecule has 1 fully saturated rings. The number of halogens is 1. The van der Waals surface area contributed by atoms with Crippen molar-refractivity contribution in [2.75, 3.05) is 12.0 Å². The van der Waals surface area contributed by atoms with E-state index in [1.54, 1.807) is 42.5 Å². The van der Waals surface area contributed by atoms with E-state index in [9.17, 15) is 22.8 Å². The van der Waals surface area contributed by atoms with Crippen LogP contribution in [-0.4, -0.2) is 43.7 Å². The van der Waals surface area contributed by atoms with Gasteiger partial charge < -0.3 is 4.74 Å². The summed E-state index contributed by atoms with van der Waals surface area (Å²) in [5.41, 5.74) is 1.18. The van der Waals surface area contributed by atoms with Gasteiger partial charge in [0.15, 0.2) is 0 Å². The van der Waals surface area contributed by atoms with Crippen molar-refractivity contribution in [2.45, 2.75) is 23.9 Å². The summed E-state index contributed by atoms with van der Waals surface area (Å²) in [6, 6.07) is 19.5. The van der Waals surface area contributed by atoms with Crippen molar-refractivity contribution in [2.24, 2.45) is 0 Å². The molecular weight excluding hydrogens is 536 g/mol. The number of amides is 2. The average molecular weight is 557 g/mol. The largest absolute Gasteiger partial charge is 0.465 e. The fourth-order valence-electron chi connectivity index (χ4n) is 3.84. The zero-order valence-corrected chi connectivity index (χ0v) is 21.0. The Balaban J connectivity index is 1.70. The number of esters is 1. The number of rotatable bonds is 7. The molecule has 3 aromatic carbocycles. The summed E-state index contributed by atoms with van der Waals surface area (Å²) in [5, 5.41) is 0. The molecule has 1 aliphatic heterocycles. The monoisotopic (exact) mass is 556 g/mol. The molecule has 3 aromatic rings. The molecule has 1 atom stereocenters. The van der Waals surface area contributed by atoms with Crippen LogP contribution in [0.2, 0.25) is 0 Å². The predicted molar refractivity (Wildman–Crippen MR) is 132 cm³/mol. The summed E-state index contributed by atoms with van der Waals surface area (Å²) in [4.78, 5) is 39.1. The first-order valence-electron chi connectivity index (χ1n) is 10.6. The van der Waals surface area contributed by atoms with Gasteiger partial charge in [-0.25, -0.2) is 18.1 Å². The van der Waals surface area contributed by atoms with Crippen LogP contribution >= 0.6 is 15.9 Å². The van der Waals surface area contributed by atoms with Gasteiger partial charge in [0, 0.05) is 11.0 Å². The molecule has 1 heterocycles. The molecule has 8 nitrogen and oxygen atoms in total. The molecule has 2 amide bonds. The van der Waals surface area contributed by atoms with Crippen LogP contribution in [0, 0.1) is 0 Å². The molecule has 1 aliphatic rings. The SMILES string of the molecule is COC(=O)c1ccc(N2C(=O)CC(N(Cc3ccccc3)S(=O)(=O)c3ccc(Br)cc3)C2=O)cc1. The van der Waals surface area contributed by atoms with Gasteiger partial charge >= 0.3 is 5.97 Å². The van der Waals surface area contributed by atoms with Gasteiger partial charge in [0.25, 0.3) is 5.91 Å². The second-order valence-electron chi connectivity index (χ2n) is 7.82. The maximum absolute atomic E-state index is 13.7. The highest BCUT2D eigenvalue weighted by Crippen LogP contribution is 2.31. The number of sulfonamides is 1. The number of benzene rings is 3. The molecule has 0 bridgehead atoms. The highest BCUT2D eigenvalue weighted by molar-refractivity contribution is 9.10. The van der Waals surface area contributed by atoms with Crippen molar-refractivity contribution in [3.05, 3.63) is 94.5 Å². The lowest BCUT2D eigenvalue weighted by Gasteiger charge is -2.27. The number of hydrogen-bond acceptors (Lipinski definition) is 6. The van der Waals surface area contributed by atoms with Gasteiger partial charge in [0.2, 0.25) is 15.9 Å². The lowest BCUT2D eigenvalue weighted by molar-refractivity contribution is -0.122. The minimum atomic E-state index is -4.13. The molecule has 35 heavy (non-hydrogen) atoms. The number of nitrogens with zero attached hydrogens (tertiary/aromatic N) is 2. The van der Waals surface area contributed by atoms with E-state index in [2.05, 4.69) is 20.7 Å². The molecule has 0 saturated carbocycles. The standard InChI is InChI=1S/C25H21BrN2O6S/c1-34-25(31)18-7-11-20(12-8-18)28-23(29)15-22(24(28)30)27(16-17-5-3-2-4-6-17)35(32,33)21-13-9-19(26)10-14-21/h2-14,22H,15-16H2,1H3. The van der Waals surface area contributed by atoms with Crippen LogP contribution in [0.3, 0.4) is 0 Å². The Hall–Kier alpha value is -3.34. The van der Waals surface area contributed by atoms with Gasteiger partial charge in [0.1, 0.15) is 6.04 Å². The van der Waals surface area contributed by atoms with Gasteiger partial charge in [-0.2, -0.15) is 4.31 Å². The number of imide groups is 1. The summed E-state index contributed by atoms with van der Waals surface area (Å²) in [7, 11) is -2.88. The van der Waals surface area contributed by atoms with Crippen molar-refractivity contribution in [1.29, 1.82) is 0 Å². The van der Waals surface area contributed by atoms with E-state index in [4.69, 9.17) is 0 Å². The smallest absolute Gasteiger partial charge is 0.337 e. The normalized spacial score (nSPS) is 16.1. The van der Waals surface area contributed by atoms with E-state index >= 15 is 0 Å². The first-order valence-corrected chi connectivity index (χ1v) is 12.8. The summed E-state index contributed by atoms with van der Waals surface area (Å²) >= 11 is 3.30. The molecular formula is C25H21BrN2O6S. The van der Waals surface area contributed by atoms with Crippen LogP contribution in [0.1, 0.15) is 22.3 Å². The number of anilines is 1. The molecule has 10 heteroatoms. The van der Waals surface area contributed by atoms with Gasteiger partial charge in [-0.05, 0) is 54.1 Å². The zero-order chi connectivity index (χ0) is 25.2. The van der Waals surface area contributed by atoms with Gasteiger partial charge in [-0.3, -0.25) is 9.59 Å². The first kappa shape index (κ1) is 24.8. The molecule has 1 unspecified atom stereocenters. The minimum Gasteiger partial charge on any atom is -0.465 e. The molecule has 0 aliphatic carbocycles. The maximum Gasteiger partial charge on any atom is 0.337 e. The van der Waals surface area contributed by atoms with Crippen LogP contribution in [0.4, 0.5) is 5.69 Å². The second-order valence-corrected chi connectivity index (χ2v) is 10.6. The molecule has 0 N–H and O–H groups in total. The Bertz CT molecular complexity index is 1360. The summed E-state index contributed by atoms with van der Waals surface area (Å²) in [6.07, 6.45) is -0.305. The number of carbonyl (C=O) groups is 3. The van der Waals surface area contributed by atoms with Crippen molar-refractivity contribution in [3.8, 4) is 0 Å². The summed E-state index contributed by atoms with van der Waals surface area (Å²) in [5.74, 6) is -1.74. The number of carbonyl (C=O) groups excluding carboxylic acids is 3. The van der Waals surface area contributed by atoms with Crippen LogP contribution in [-0.2, 0) is 30.9 Å². The van der Waals surface area contributed by atoms with Gasteiger partial charge in [-0.15, -0.1) is 0 Å². The van der Waals surface area contributed by atoms with Crippen molar-refractivity contribution < 1.29 is 27.5 Å². The zero-order valence-electron chi connectivity index (χ0n) is 18.6. The highest BCUT2D eigenvalue weighted by atomic mass is 79.9. The molecule has 1 saturated heterocycles. The van der Waals surface area contributed by atoms with E-state index in [0.717, 1.165) is 9.21 Å². The Labute approximate surface area is 211 Å². The Morgan fingerprint density at radius 2 is 1.63 bits per heavy atom. The van der Waals surface area contributed by atoms with Gasteiger partial charge in [-0.1, -0.05) is 46.3 Å². The molecule has 0 radical (unpaired) electrons. The molecule has 180 valence electrons. The van der Waals surface area contributed by atoms with E-state index in [1.807, 2.05) is 0 Å². The number of hydrogen-bond donors (Lipinski definition) is 0. The fourth-order valence-corrected chi connectivity index (χ4v) is 5.68. The average Bonchev–Trinajstić information content (AvgIpc) is 3.16. The van der Waals surface area contributed by atoms with E-state index < -0.39 is 33.8 Å². The van der Waals surface area contributed by atoms with E-state index in [-0.39, 0.29) is 29.1 Å². The third-order valence-electron chi connectivity index (χ3n) is 5.62. The third-order valence-corrected chi connectivity index (χ3v) is 8.02.